The zero-order chi connectivity index (χ0) is 16.8. The molecule has 0 N–H and O–H groups in total. The third-order valence-corrected chi connectivity index (χ3v) is 6.04. The Labute approximate surface area is 148 Å². The minimum atomic E-state index is -0.558. The van der Waals surface area contributed by atoms with E-state index in [1.165, 1.54) is 0 Å². The summed E-state index contributed by atoms with van der Waals surface area (Å²) in [5.41, 5.74) is 0.539. The first kappa shape index (κ1) is 15.8. The van der Waals surface area contributed by atoms with E-state index in [9.17, 15) is 14.4 Å². The largest absolute Gasteiger partial charge is 0.334 e. The lowest BCUT2D eigenvalue weighted by Gasteiger charge is -2.47. The van der Waals surface area contributed by atoms with E-state index in [0.717, 1.165) is 0 Å². The Kier molecular flexibility index (Phi) is 3.92. The summed E-state index contributed by atoms with van der Waals surface area (Å²) in [4.78, 5) is 42.9. The molecule has 0 unspecified atom stereocenters. The molecule has 3 saturated heterocycles. The maximum absolute atomic E-state index is 12.7. The monoisotopic (exact) mass is 365 g/mol. The number of nitrogens with zero attached hydrogens (tertiary/aromatic N) is 3. The van der Waals surface area contributed by atoms with Crippen LogP contribution in [-0.2, 0) is 9.59 Å². The lowest BCUT2D eigenvalue weighted by molar-refractivity contribution is -0.161. The van der Waals surface area contributed by atoms with E-state index in [1.54, 1.807) is 50.7 Å². The van der Waals surface area contributed by atoms with E-state index in [-0.39, 0.29) is 30.3 Å². The minimum Gasteiger partial charge on any atom is -0.334 e. The molecule has 126 valence electrons. The maximum Gasteiger partial charge on any atom is 0.254 e. The summed E-state index contributed by atoms with van der Waals surface area (Å²) in [5, 5.41) is 0.571. The van der Waals surface area contributed by atoms with Crippen molar-refractivity contribution in [2.45, 2.75) is 12.1 Å². The fourth-order valence-electron chi connectivity index (χ4n) is 3.46. The van der Waals surface area contributed by atoms with Crippen molar-refractivity contribution < 1.29 is 14.4 Å². The number of carbonyl (C=O) groups excluding carboxylic acids is 3. The van der Waals surface area contributed by atoms with Gasteiger partial charge in [0.25, 0.3) is 5.91 Å². The zero-order valence-electron chi connectivity index (χ0n) is 12.9. The number of piperazine rings is 2. The van der Waals surface area contributed by atoms with Gasteiger partial charge in [-0.3, -0.25) is 14.4 Å². The summed E-state index contributed by atoms with van der Waals surface area (Å²) in [5.74, 6) is 1.07. The van der Waals surface area contributed by atoms with E-state index in [1.807, 2.05) is 0 Å². The fraction of sp³-hybridized carbons (Fsp3) is 0.438. The van der Waals surface area contributed by atoms with Crippen LogP contribution in [0.25, 0.3) is 0 Å². The summed E-state index contributed by atoms with van der Waals surface area (Å²) >= 11 is 7.46. The molecular weight excluding hydrogens is 350 g/mol. The van der Waals surface area contributed by atoms with Gasteiger partial charge in [-0.25, -0.2) is 0 Å². The highest BCUT2D eigenvalue weighted by atomic mass is 35.5. The highest BCUT2D eigenvalue weighted by Gasteiger charge is 2.50. The predicted molar refractivity (Wildman–Crippen MR) is 90.8 cm³/mol. The van der Waals surface area contributed by atoms with Gasteiger partial charge in [0.1, 0.15) is 12.1 Å². The lowest BCUT2D eigenvalue weighted by atomic mass is 10.0. The molecule has 6 nitrogen and oxygen atoms in total. The summed E-state index contributed by atoms with van der Waals surface area (Å²) < 4.78 is 0. The highest BCUT2D eigenvalue weighted by Crippen LogP contribution is 2.30. The average Bonchev–Trinajstić information content (AvgIpc) is 3.09. The number of rotatable bonds is 1. The van der Waals surface area contributed by atoms with Crippen LogP contribution in [0.15, 0.2) is 24.3 Å². The molecule has 24 heavy (non-hydrogen) atoms. The first-order chi connectivity index (χ1) is 11.6. The van der Waals surface area contributed by atoms with Crippen LogP contribution >= 0.6 is 23.4 Å². The van der Waals surface area contributed by atoms with E-state index < -0.39 is 6.04 Å². The number of benzene rings is 1. The van der Waals surface area contributed by atoms with Crippen molar-refractivity contribution in [2.24, 2.45) is 0 Å². The Morgan fingerprint density at radius 1 is 1.04 bits per heavy atom. The lowest BCUT2D eigenvalue weighted by Crippen LogP contribution is -2.69. The van der Waals surface area contributed by atoms with Crippen molar-refractivity contribution >= 4 is 41.1 Å². The Bertz CT molecular complexity index is 711. The Morgan fingerprint density at radius 2 is 1.75 bits per heavy atom. The number of hydrogen-bond donors (Lipinski definition) is 0. The molecule has 0 aliphatic carbocycles. The van der Waals surface area contributed by atoms with Crippen LogP contribution in [0.5, 0.6) is 0 Å². The first-order valence-corrected chi connectivity index (χ1v) is 9.33. The second-order valence-electron chi connectivity index (χ2n) is 6.13. The number of halogens is 1. The molecule has 0 bridgehead atoms. The van der Waals surface area contributed by atoms with Gasteiger partial charge >= 0.3 is 0 Å². The molecule has 1 aromatic rings. The number of amides is 3. The molecule has 3 fully saturated rings. The molecular formula is C16H16ClN3O3S. The maximum atomic E-state index is 12.7. The molecule has 2 atom stereocenters. The van der Waals surface area contributed by atoms with Gasteiger partial charge in [0.05, 0.1) is 12.4 Å². The molecule has 0 radical (unpaired) electrons. The van der Waals surface area contributed by atoms with Crippen LogP contribution in [0.3, 0.4) is 0 Å². The van der Waals surface area contributed by atoms with Gasteiger partial charge in [0.2, 0.25) is 11.8 Å². The third kappa shape index (κ3) is 2.46. The van der Waals surface area contributed by atoms with Crippen molar-refractivity contribution in [1.29, 1.82) is 0 Å². The summed E-state index contributed by atoms with van der Waals surface area (Å²) in [6.07, 6.45) is 0. The van der Waals surface area contributed by atoms with Gasteiger partial charge in [-0.2, -0.15) is 0 Å². The molecule has 3 aliphatic rings. The van der Waals surface area contributed by atoms with Crippen molar-refractivity contribution in [3.05, 3.63) is 34.9 Å². The van der Waals surface area contributed by atoms with Crippen molar-refractivity contribution in [2.75, 3.05) is 31.3 Å². The van der Waals surface area contributed by atoms with E-state index >= 15 is 0 Å². The molecule has 3 aliphatic heterocycles. The van der Waals surface area contributed by atoms with Gasteiger partial charge in [-0.1, -0.05) is 11.6 Å². The highest BCUT2D eigenvalue weighted by molar-refractivity contribution is 7.99. The average molecular weight is 366 g/mol. The molecule has 3 amide bonds. The third-order valence-electron chi connectivity index (χ3n) is 4.78. The molecule has 3 heterocycles. The topological polar surface area (TPSA) is 60.9 Å². The van der Waals surface area contributed by atoms with Crippen molar-refractivity contribution in [1.82, 2.24) is 14.7 Å². The normalized spacial score (nSPS) is 26.5. The van der Waals surface area contributed by atoms with E-state index in [4.69, 9.17) is 11.6 Å². The Hall–Kier alpha value is -1.73. The van der Waals surface area contributed by atoms with Crippen molar-refractivity contribution in [3.63, 3.8) is 0 Å². The fourth-order valence-corrected chi connectivity index (χ4v) is 4.75. The molecule has 0 aromatic heterocycles. The van der Waals surface area contributed by atoms with Crippen LogP contribution in [-0.4, -0.2) is 75.8 Å². The van der Waals surface area contributed by atoms with Gasteiger partial charge in [-0.05, 0) is 24.3 Å². The SMILES string of the molecule is O=C(c1ccc(Cl)cc1)N1CCN2C(=O)[C@@H]3CSCN3C(=O)[C@H]2C1. The number of hydrogen-bond acceptors (Lipinski definition) is 4. The predicted octanol–water partition coefficient (Wildman–Crippen LogP) is 0.908. The second kappa shape index (κ2) is 5.97. The van der Waals surface area contributed by atoms with Gasteiger partial charge in [0, 0.05) is 29.4 Å². The van der Waals surface area contributed by atoms with Gasteiger partial charge in [-0.15, -0.1) is 11.8 Å². The number of thioether (sulfide) groups is 1. The number of carbonyl (C=O) groups is 3. The number of fused-ring (bicyclic) bond motifs is 2. The first-order valence-electron chi connectivity index (χ1n) is 7.80. The van der Waals surface area contributed by atoms with Crippen LogP contribution in [0.4, 0.5) is 0 Å². The summed E-state index contributed by atoms with van der Waals surface area (Å²) in [6, 6.07) is 5.82. The van der Waals surface area contributed by atoms with Crippen LogP contribution in [0.1, 0.15) is 10.4 Å². The second-order valence-corrected chi connectivity index (χ2v) is 7.57. The molecule has 4 rings (SSSR count). The molecule has 0 saturated carbocycles. The van der Waals surface area contributed by atoms with Gasteiger partial charge < -0.3 is 14.7 Å². The Balaban J connectivity index is 1.54. The minimum absolute atomic E-state index is 0.0168. The van der Waals surface area contributed by atoms with Crippen LogP contribution < -0.4 is 0 Å². The zero-order valence-corrected chi connectivity index (χ0v) is 14.4. The summed E-state index contributed by atoms with van der Waals surface area (Å²) in [7, 11) is 0. The van der Waals surface area contributed by atoms with Crippen LogP contribution in [0, 0.1) is 0 Å². The summed E-state index contributed by atoms with van der Waals surface area (Å²) in [6.45, 7) is 1.10. The quantitative estimate of drug-likeness (QED) is 0.742. The Morgan fingerprint density at radius 3 is 2.50 bits per heavy atom. The van der Waals surface area contributed by atoms with Crippen LogP contribution in [0.2, 0.25) is 5.02 Å². The molecule has 0 spiro atoms. The smallest absolute Gasteiger partial charge is 0.254 e. The van der Waals surface area contributed by atoms with E-state index in [2.05, 4.69) is 0 Å². The van der Waals surface area contributed by atoms with Gasteiger partial charge in [0.15, 0.2) is 0 Å². The molecule has 1 aromatic carbocycles. The molecule has 8 heteroatoms. The van der Waals surface area contributed by atoms with E-state index in [0.29, 0.717) is 35.3 Å². The van der Waals surface area contributed by atoms with Crippen molar-refractivity contribution in [3.8, 4) is 0 Å². The standard InChI is InChI=1S/C16H16ClN3O3S/c17-11-3-1-10(2-4-11)14(21)18-5-6-19-12(7-18)15(22)20-9-24-8-13(20)16(19)23/h1-4,12-13H,5-9H2/t12-,13+/m1/s1.